The minimum absolute atomic E-state index is 0.0116. The van der Waals surface area contributed by atoms with Gasteiger partial charge >= 0.3 is 0 Å². The molecule has 0 unspecified atom stereocenters. The second-order valence-corrected chi connectivity index (χ2v) is 8.77. The van der Waals surface area contributed by atoms with Crippen LogP contribution in [0.3, 0.4) is 0 Å². The first-order valence-corrected chi connectivity index (χ1v) is 10.5. The van der Waals surface area contributed by atoms with E-state index in [1.807, 2.05) is 0 Å². The second-order valence-electron chi connectivity index (χ2n) is 8.77. The molecule has 0 spiro atoms. The molecule has 2 bridgehead atoms. The van der Waals surface area contributed by atoms with Gasteiger partial charge < -0.3 is 14.2 Å². The third-order valence-corrected chi connectivity index (χ3v) is 6.75. The minimum Gasteiger partial charge on any atom is -0.326 e. The van der Waals surface area contributed by atoms with Crippen LogP contribution >= 0.6 is 0 Å². The highest BCUT2D eigenvalue weighted by atomic mass is 19.2. The summed E-state index contributed by atoms with van der Waals surface area (Å²) >= 11 is 0. The van der Waals surface area contributed by atoms with Crippen molar-refractivity contribution < 1.29 is 27.4 Å². The summed E-state index contributed by atoms with van der Waals surface area (Å²) in [6.45, 7) is 4.21. The molecule has 1 aromatic rings. The van der Waals surface area contributed by atoms with E-state index >= 15 is 0 Å². The van der Waals surface area contributed by atoms with Crippen LogP contribution in [0.15, 0.2) is 12.1 Å². The van der Waals surface area contributed by atoms with Crippen molar-refractivity contribution in [2.24, 2.45) is 11.3 Å². The summed E-state index contributed by atoms with van der Waals surface area (Å²) in [4.78, 5) is 0. The van der Waals surface area contributed by atoms with Crippen LogP contribution in [0.4, 0.5) is 13.2 Å². The highest BCUT2D eigenvalue weighted by Crippen LogP contribution is 2.50. The van der Waals surface area contributed by atoms with Gasteiger partial charge in [0.1, 0.15) is 0 Å². The molecule has 0 atom stereocenters. The Morgan fingerprint density at radius 1 is 0.893 bits per heavy atom. The van der Waals surface area contributed by atoms with Crippen molar-refractivity contribution >= 4 is 0 Å². The molecule has 1 aliphatic carbocycles. The van der Waals surface area contributed by atoms with E-state index in [-0.39, 0.29) is 17.3 Å². The maximum Gasteiger partial charge on any atom is 0.285 e. The zero-order chi connectivity index (χ0) is 19.8. The largest absolute Gasteiger partial charge is 0.326 e. The quantitative estimate of drug-likeness (QED) is 0.456. The Hall–Kier alpha value is -1.11. The van der Waals surface area contributed by atoms with Crippen LogP contribution in [0.25, 0.3) is 0 Å². The van der Waals surface area contributed by atoms with Gasteiger partial charge in [-0.3, -0.25) is 0 Å². The number of hydrogen-bond acceptors (Lipinski definition) is 3. The Balaban J connectivity index is 1.35. The number of hydrogen-bond donors (Lipinski definition) is 0. The first-order valence-electron chi connectivity index (χ1n) is 10.5. The molecule has 1 saturated carbocycles. The molecule has 0 N–H and O–H groups in total. The SMILES string of the molecule is CCCCCC12COC(C3CCC(c4cc(F)c(F)c(F)c4)CC3)(OC1)OC2. The average molecular weight is 398 g/mol. The van der Waals surface area contributed by atoms with Crippen molar-refractivity contribution in [1.29, 1.82) is 0 Å². The van der Waals surface area contributed by atoms with E-state index in [1.54, 1.807) is 0 Å². The lowest BCUT2D eigenvalue weighted by Crippen LogP contribution is -2.63. The van der Waals surface area contributed by atoms with Crippen LogP contribution in [0, 0.1) is 28.8 Å². The predicted molar refractivity (Wildman–Crippen MR) is 98.2 cm³/mol. The lowest BCUT2D eigenvalue weighted by Gasteiger charge is -2.55. The smallest absolute Gasteiger partial charge is 0.285 e. The maximum atomic E-state index is 13.6. The zero-order valence-electron chi connectivity index (χ0n) is 16.4. The fourth-order valence-electron chi connectivity index (χ4n) is 4.92. The van der Waals surface area contributed by atoms with Gasteiger partial charge in [-0.1, -0.05) is 26.2 Å². The van der Waals surface area contributed by atoms with Gasteiger partial charge in [0.25, 0.3) is 5.97 Å². The molecule has 3 heterocycles. The molecule has 5 rings (SSSR count). The van der Waals surface area contributed by atoms with Crippen LogP contribution in [0.1, 0.15) is 69.8 Å². The van der Waals surface area contributed by atoms with E-state index in [0.717, 1.165) is 50.7 Å². The normalized spacial score (nSPS) is 35.3. The third-order valence-electron chi connectivity index (χ3n) is 6.75. The Bertz CT molecular complexity index is 653. The van der Waals surface area contributed by atoms with Gasteiger partial charge in [-0.15, -0.1) is 0 Å². The molecular formula is C22H29F3O3. The summed E-state index contributed by atoms with van der Waals surface area (Å²) in [5, 5.41) is 0. The van der Waals surface area contributed by atoms with E-state index in [1.165, 1.54) is 12.8 Å². The van der Waals surface area contributed by atoms with Crippen LogP contribution in [-0.4, -0.2) is 25.8 Å². The molecule has 28 heavy (non-hydrogen) atoms. The van der Waals surface area contributed by atoms with Gasteiger partial charge in [0, 0.05) is 11.3 Å². The summed E-state index contributed by atoms with van der Waals surface area (Å²) in [6, 6.07) is 2.24. The summed E-state index contributed by atoms with van der Waals surface area (Å²) in [6.07, 6.45) is 7.68. The summed E-state index contributed by atoms with van der Waals surface area (Å²) in [7, 11) is 0. The Kier molecular flexibility index (Phi) is 5.73. The molecular weight excluding hydrogens is 369 g/mol. The van der Waals surface area contributed by atoms with Gasteiger partial charge in [-0.2, -0.15) is 0 Å². The molecule has 3 aliphatic heterocycles. The van der Waals surface area contributed by atoms with E-state index in [2.05, 4.69) is 6.92 Å². The van der Waals surface area contributed by atoms with Crippen molar-refractivity contribution in [2.45, 2.75) is 70.2 Å². The number of halogens is 3. The Morgan fingerprint density at radius 2 is 1.46 bits per heavy atom. The molecule has 4 fully saturated rings. The molecule has 156 valence electrons. The van der Waals surface area contributed by atoms with Gasteiger partial charge in [0.2, 0.25) is 0 Å². The van der Waals surface area contributed by atoms with E-state index in [0.29, 0.717) is 25.4 Å². The molecule has 3 nitrogen and oxygen atoms in total. The van der Waals surface area contributed by atoms with Crippen molar-refractivity contribution in [1.82, 2.24) is 0 Å². The van der Waals surface area contributed by atoms with Crippen molar-refractivity contribution in [3.8, 4) is 0 Å². The van der Waals surface area contributed by atoms with E-state index in [4.69, 9.17) is 14.2 Å². The Labute approximate surface area is 164 Å². The molecule has 0 radical (unpaired) electrons. The number of ether oxygens (including phenoxy) is 3. The van der Waals surface area contributed by atoms with Gasteiger partial charge in [0.05, 0.1) is 19.8 Å². The van der Waals surface area contributed by atoms with Crippen LogP contribution in [-0.2, 0) is 14.2 Å². The molecule has 1 aromatic carbocycles. The van der Waals surface area contributed by atoms with Crippen molar-refractivity contribution in [3.63, 3.8) is 0 Å². The maximum absolute atomic E-state index is 13.6. The molecule has 0 aromatic heterocycles. The summed E-state index contributed by atoms with van der Waals surface area (Å²) in [5.41, 5.74) is 0.509. The highest BCUT2D eigenvalue weighted by Gasteiger charge is 2.56. The highest BCUT2D eigenvalue weighted by molar-refractivity contribution is 5.23. The topological polar surface area (TPSA) is 27.7 Å². The van der Waals surface area contributed by atoms with Crippen LogP contribution < -0.4 is 0 Å². The molecule has 4 aliphatic rings. The van der Waals surface area contributed by atoms with E-state index in [9.17, 15) is 13.2 Å². The average Bonchev–Trinajstić information content (AvgIpc) is 2.73. The second kappa shape index (κ2) is 7.96. The molecule has 6 heteroatoms. The zero-order valence-corrected chi connectivity index (χ0v) is 16.4. The molecule has 3 saturated heterocycles. The molecule has 0 amide bonds. The van der Waals surface area contributed by atoms with E-state index < -0.39 is 23.4 Å². The number of rotatable bonds is 6. The van der Waals surface area contributed by atoms with Gasteiger partial charge in [-0.25, -0.2) is 13.2 Å². The van der Waals surface area contributed by atoms with Gasteiger partial charge in [-0.05, 0) is 55.7 Å². The number of benzene rings is 1. The first-order chi connectivity index (χ1) is 13.5. The van der Waals surface area contributed by atoms with Crippen LogP contribution in [0.2, 0.25) is 0 Å². The first kappa shape index (κ1) is 20.2. The minimum atomic E-state index is -1.40. The third kappa shape index (κ3) is 3.71. The van der Waals surface area contributed by atoms with Crippen molar-refractivity contribution in [3.05, 3.63) is 35.1 Å². The fraction of sp³-hybridized carbons (Fsp3) is 0.727. The summed E-state index contributed by atoms with van der Waals surface area (Å²) < 4.78 is 58.7. The number of fused-ring (bicyclic) bond motifs is 3. The predicted octanol–water partition coefficient (Wildman–Crippen LogP) is 5.68. The van der Waals surface area contributed by atoms with Crippen molar-refractivity contribution in [2.75, 3.05) is 19.8 Å². The lowest BCUT2D eigenvalue weighted by atomic mass is 9.76. The fourth-order valence-corrected chi connectivity index (χ4v) is 4.92. The summed E-state index contributed by atoms with van der Waals surface area (Å²) in [5.74, 6) is -4.49. The van der Waals surface area contributed by atoms with Crippen LogP contribution in [0.5, 0.6) is 0 Å². The Morgan fingerprint density at radius 3 is 2.00 bits per heavy atom. The lowest BCUT2D eigenvalue weighted by molar-refractivity contribution is -0.488. The number of unbranched alkanes of at least 4 members (excludes halogenated alkanes) is 2. The van der Waals surface area contributed by atoms with Gasteiger partial charge in [0.15, 0.2) is 17.5 Å². The standard InChI is InChI=1S/C22H29F3O3/c1-2-3-4-9-21-12-26-22(27-13-21,28-14-21)17-7-5-15(6-8-17)16-10-18(23)20(25)19(24)11-16/h10-11,15,17H,2-9,12-14H2,1H3. The monoisotopic (exact) mass is 398 g/mol.